The summed E-state index contributed by atoms with van der Waals surface area (Å²) < 4.78 is 37.6. The lowest BCUT2D eigenvalue weighted by atomic mass is 10.0. The van der Waals surface area contributed by atoms with E-state index in [1.165, 1.54) is 6.07 Å². The normalized spacial score (nSPS) is 15.2. The van der Waals surface area contributed by atoms with Crippen LogP contribution in [-0.4, -0.2) is 11.7 Å². The second-order valence-corrected chi connectivity index (χ2v) is 3.57. The zero-order valence-electron chi connectivity index (χ0n) is 8.67. The average Bonchev–Trinajstić information content (AvgIpc) is 2.26. The second-order valence-electron chi connectivity index (χ2n) is 3.57. The maximum Gasteiger partial charge on any atom is 0.419 e. The van der Waals surface area contributed by atoms with E-state index in [2.05, 4.69) is 5.32 Å². The van der Waals surface area contributed by atoms with Gasteiger partial charge in [0, 0.05) is 6.54 Å². The van der Waals surface area contributed by atoms with Gasteiger partial charge in [0.25, 0.3) is 0 Å². The molecule has 1 rings (SSSR count). The molecule has 0 spiro atoms. The van der Waals surface area contributed by atoms with Crippen LogP contribution in [0.3, 0.4) is 0 Å². The summed E-state index contributed by atoms with van der Waals surface area (Å²) in [4.78, 5) is 0. The summed E-state index contributed by atoms with van der Waals surface area (Å²) in [7, 11) is 0. The average molecular weight is 228 g/mol. The summed E-state index contributed by atoms with van der Waals surface area (Å²) in [5, 5.41) is 10.8. The van der Waals surface area contributed by atoms with Crippen molar-refractivity contribution in [2.75, 3.05) is 0 Å². The molecule has 16 heavy (non-hydrogen) atoms. The van der Waals surface area contributed by atoms with E-state index in [0.29, 0.717) is 5.56 Å². The Labute approximate surface area is 91.7 Å². The van der Waals surface area contributed by atoms with Crippen molar-refractivity contribution < 1.29 is 13.2 Å². The Bertz CT molecular complexity index is 380. The maximum absolute atomic E-state index is 12.5. The minimum absolute atomic E-state index is 0.00437. The standard InChI is InChI=1S/C11H11F3N2/c1-10(8-15,11(12,13)14)16-7-9-5-3-2-4-6-9/h2-6,16H,7H2,1H3/t10-/m0/s1. The van der Waals surface area contributed by atoms with Gasteiger partial charge in [-0.3, -0.25) is 5.32 Å². The zero-order valence-corrected chi connectivity index (χ0v) is 8.67. The van der Waals surface area contributed by atoms with Crippen LogP contribution in [0.4, 0.5) is 13.2 Å². The summed E-state index contributed by atoms with van der Waals surface area (Å²) in [6.45, 7) is 0.834. The SMILES string of the molecule is C[C@@](C#N)(NCc1ccccc1)C(F)(F)F. The molecule has 0 bridgehead atoms. The largest absolute Gasteiger partial charge is 0.419 e. The Morgan fingerprint density at radius 1 is 1.25 bits per heavy atom. The van der Waals surface area contributed by atoms with Gasteiger partial charge in [-0.25, -0.2) is 0 Å². The van der Waals surface area contributed by atoms with Crippen LogP contribution in [0.1, 0.15) is 12.5 Å². The van der Waals surface area contributed by atoms with Crippen LogP contribution in [0.25, 0.3) is 0 Å². The summed E-state index contributed by atoms with van der Waals surface area (Å²) in [6, 6.07) is 9.88. The number of nitrogens with zero attached hydrogens (tertiary/aromatic N) is 1. The van der Waals surface area contributed by atoms with Crippen LogP contribution in [0.5, 0.6) is 0 Å². The van der Waals surface area contributed by atoms with Crippen molar-refractivity contribution in [1.82, 2.24) is 5.32 Å². The fraction of sp³-hybridized carbons (Fsp3) is 0.364. The molecule has 1 aromatic rings. The third-order valence-corrected chi connectivity index (χ3v) is 2.28. The molecule has 0 saturated carbocycles. The number of halogens is 3. The van der Waals surface area contributed by atoms with E-state index in [0.717, 1.165) is 6.92 Å². The molecule has 1 N–H and O–H groups in total. The van der Waals surface area contributed by atoms with E-state index >= 15 is 0 Å². The number of hydrogen-bond acceptors (Lipinski definition) is 2. The third kappa shape index (κ3) is 2.74. The van der Waals surface area contributed by atoms with Gasteiger partial charge in [-0.15, -0.1) is 0 Å². The minimum atomic E-state index is -4.59. The molecule has 0 aromatic heterocycles. The smallest absolute Gasteiger partial charge is 0.288 e. The first-order chi connectivity index (χ1) is 7.39. The van der Waals surface area contributed by atoms with Gasteiger partial charge < -0.3 is 0 Å². The molecular formula is C11H11F3N2. The van der Waals surface area contributed by atoms with Gasteiger partial charge in [-0.1, -0.05) is 30.3 Å². The molecule has 0 radical (unpaired) electrons. The fourth-order valence-electron chi connectivity index (χ4n) is 1.08. The van der Waals surface area contributed by atoms with E-state index < -0.39 is 11.7 Å². The lowest BCUT2D eigenvalue weighted by Gasteiger charge is -2.26. The fourth-order valence-corrected chi connectivity index (χ4v) is 1.08. The van der Waals surface area contributed by atoms with Crippen LogP contribution in [0.15, 0.2) is 30.3 Å². The lowest BCUT2D eigenvalue weighted by molar-refractivity contribution is -0.174. The predicted octanol–water partition coefficient (Wildman–Crippen LogP) is 2.62. The lowest BCUT2D eigenvalue weighted by Crippen LogP contribution is -2.52. The van der Waals surface area contributed by atoms with Gasteiger partial charge in [-0.2, -0.15) is 18.4 Å². The number of rotatable bonds is 3. The Balaban J connectivity index is 2.71. The Kier molecular flexibility index (Phi) is 3.55. The second kappa shape index (κ2) is 4.54. The Morgan fingerprint density at radius 2 is 1.81 bits per heavy atom. The molecule has 0 saturated heterocycles. The minimum Gasteiger partial charge on any atom is -0.288 e. The van der Waals surface area contributed by atoms with E-state index in [1.807, 2.05) is 0 Å². The monoisotopic (exact) mass is 228 g/mol. The first kappa shape index (κ1) is 12.5. The Morgan fingerprint density at radius 3 is 2.25 bits per heavy atom. The summed E-state index contributed by atoms with van der Waals surface area (Å²) >= 11 is 0. The van der Waals surface area contributed by atoms with Gasteiger partial charge in [0.05, 0.1) is 6.07 Å². The number of nitriles is 1. The topological polar surface area (TPSA) is 35.8 Å². The molecule has 0 unspecified atom stereocenters. The van der Waals surface area contributed by atoms with Gasteiger partial charge in [0.1, 0.15) is 0 Å². The highest BCUT2D eigenvalue weighted by molar-refractivity contribution is 5.17. The Hall–Kier alpha value is -1.54. The molecule has 0 aliphatic heterocycles. The van der Waals surface area contributed by atoms with Crippen molar-refractivity contribution in [3.05, 3.63) is 35.9 Å². The van der Waals surface area contributed by atoms with Crippen LogP contribution >= 0.6 is 0 Å². The van der Waals surface area contributed by atoms with Crippen molar-refractivity contribution in [3.8, 4) is 6.07 Å². The van der Waals surface area contributed by atoms with Crippen LogP contribution in [-0.2, 0) is 6.54 Å². The molecule has 0 fully saturated rings. The van der Waals surface area contributed by atoms with Crippen LogP contribution in [0, 0.1) is 11.3 Å². The molecule has 0 aliphatic carbocycles. The van der Waals surface area contributed by atoms with E-state index in [4.69, 9.17) is 5.26 Å². The molecule has 5 heteroatoms. The van der Waals surface area contributed by atoms with Gasteiger partial charge in [0.15, 0.2) is 5.54 Å². The molecule has 86 valence electrons. The summed E-state index contributed by atoms with van der Waals surface area (Å²) in [5.41, 5.74) is -1.81. The number of benzene rings is 1. The van der Waals surface area contributed by atoms with Crippen molar-refractivity contribution in [3.63, 3.8) is 0 Å². The first-order valence-corrected chi connectivity index (χ1v) is 4.66. The molecule has 0 aliphatic rings. The van der Waals surface area contributed by atoms with Crippen molar-refractivity contribution in [2.45, 2.75) is 25.2 Å². The van der Waals surface area contributed by atoms with Crippen molar-refractivity contribution >= 4 is 0 Å². The number of nitrogens with one attached hydrogen (secondary N) is 1. The van der Waals surface area contributed by atoms with Crippen LogP contribution < -0.4 is 5.32 Å². The summed E-state index contributed by atoms with van der Waals surface area (Å²) in [6.07, 6.45) is -4.59. The molecule has 0 amide bonds. The maximum atomic E-state index is 12.5. The molecule has 2 nitrogen and oxygen atoms in total. The number of hydrogen-bond donors (Lipinski definition) is 1. The molecule has 0 heterocycles. The number of alkyl halides is 3. The van der Waals surface area contributed by atoms with Gasteiger partial charge >= 0.3 is 6.18 Å². The highest BCUT2D eigenvalue weighted by atomic mass is 19.4. The van der Waals surface area contributed by atoms with E-state index in [9.17, 15) is 13.2 Å². The van der Waals surface area contributed by atoms with Crippen molar-refractivity contribution in [2.24, 2.45) is 0 Å². The molecule has 1 aromatic carbocycles. The highest BCUT2D eigenvalue weighted by Crippen LogP contribution is 2.29. The highest BCUT2D eigenvalue weighted by Gasteiger charge is 2.51. The molecular weight excluding hydrogens is 217 g/mol. The van der Waals surface area contributed by atoms with Gasteiger partial charge in [0.2, 0.25) is 0 Å². The zero-order chi connectivity index (χ0) is 12.2. The van der Waals surface area contributed by atoms with Crippen molar-refractivity contribution in [1.29, 1.82) is 5.26 Å². The predicted molar refractivity (Wildman–Crippen MR) is 53.4 cm³/mol. The summed E-state index contributed by atoms with van der Waals surface area (Å²) in [5.74, 6) is 0. The van der Waals surface area contributed by atoms with Crippen LogP contribution in [0.2, 0.25) is 0 Å². The van der Waals surface area contributed by atoms with E-state index in [1.54, 1.807) is 30.3 Å². The third-order valence-electron chi connectivity index (χ3n) is 2.28. The first-order valence-electron chi connectivity index (χ1n) is 4.66. The van der Waals surface area contributed by atoms with E-state index in [-0.39, 0.29) is 6.54 Å². The van der Waals surface area contributed by atoms with Gasteiger partial charge in [-0.05, 0) is 12.5 Å². The molecule has 1 atom stereocenters. The quantitative estimate of drug-likeness (QED) is 0.863.